The molecule has 0 spiro atoms. The van der Waals surface area contributed by atoms with Crippen molar-refractivity contribution in [2.75, 3.05) is 13.6 Å². The number of carbonyl (C=O) groups excluding carboxylic acids is 1. The van der Waals surface area contributed by atoms with Gasteiger partial charge in [0.2, 0.25) is 11.8 Å². The van der Waals surface area contributed by atoms with Gasteiger partial charge in [-0.3, -0.25) is 4.79 Å². The maximum atomic E-state index is 11.0. The van der Waals surface area contributed by atoms with Gasteiger partial charge in [0.15, 0.2) is 0 Å². The minimum absolute atomic E-state index is 0.0708. The van der Waals surface area contributed by atoms with Crippen molar-refractivity contribution in [1.82, 2.24) is 15.6 Å². The molecule has 1 aromatic heterocycles. The molecule has 0 fully saturated rings. The van der Waals surface area contributed by atoms with E-state index >= 15 is 0 Å². The molecule has 0 saturated carbocycles. The van der Waals surface area contributed by atoms with Crippen molar-refractivity contribution < 1.29 is 9.21 Å². The van der Waals surface area contributed by atoms with E-state index in [-0.39, 0.29) is 11.9 Å². The number of nitrogens with zero attached hydrogens (tertiary/aromatic N) is 1. The molecule has 5 heteroatoms. The summed E-state index contributed by atoms with van der Waals surface area (Å²) >= 11 is 0. The van der Waals surface area contributed by atoms with Crippen LogP contribution in [0.15, 0.2) is 10.6 Å². The van der Waals surface area contributed by atoms with Gasteiger partial charge in [-0.2, -0.15) is 0 Å². The largest absolute Gasteiger partial charge is 0.444 e. The highest BCUT2D eigenvalue weighted by molar-refractivity contribution is 5.75. The molecule has 5 nitrogen and oxygen atoms in total. The van der Waals surface area contributed by atoms with E-state index in [2.05, 4.69) is 15.6 Å². The Kier molecular flexibility index (Phi) is 4.98. The molecular formula is C11H19N3O2. The van der Waals surface area contributed by atoms with Crippen LogP contribution in [0.4, 0.5) is 0 Å². The Morgan fingerprint density at radius 3 is 2.94 bits per heavy atom. The molecule has 90 valence electrons. The summed E-state index contributed by atoms with van der Waals surface area (Å²) in [5, 5.41) is 5.85. The molecule has 16 heavy (non-hydrogen) atoms. The van der Waals surface area contributed by atoms with Crippen LogP contribution in [0.25, 0.3) is 0 Å². The van der Waals surface area contributed by atoms with Crippen molar-refractivity contribution in [3.63, 3.8) is 0 Å². The molecule has 0 aliphatic carbocycles. The fourth-order valence-electron chi connectivity index (χ4n) is 1.35. The molecular weight excluding hydrogens is 206 g/mol. The average molecular weight is 225 g/mol. The van der Waals surface area contributed by atoms with Crippen LogP contribution in [0, 0.1) is 6.92 Å². The lowest BCUT2D eigenvalue weighted by molar-refractivity contribution is -0.120. The zero-order valence-corrected chi connectivity index (χ0v) is 10.0. The third kappa shape index (κ3) is 4.02. The Labute approximate surface area is 95.6 Å². The van der Waals surface area contributed by atoms with E-state index in [1.165, 1.54) is 0 Å². The van der Waals surface area contributed by atoms with E-state index in [9.17, 15) is 4.79 Å². The van der Waals surface area contributed by atoms with E-state index in [0.717, 1.165) is 18.7 Å². The quantitative estimate of drug-likeness (QED) is 0.713. The van der Waals surface area contributed by atoms with E-state index < -0.39 is 0 Å². The van der Waals surface area contributed by atoms with Crippen LogP contribution >= 0.6 is 0 Å². The summed E-state index contributed by atoms with van der Waals surface area (Å²) in [7, 11) is 1.65. The topological polar surface area (TPSA) is 67.2 Å². The Balaban J connectivity index is 2.20. The number of hydrogen-bond donors (Lipinski definition) is 2. The summed E-state index contributed by atoms with van der Waals surface area (Å²) in [5.74, 6) is 1.58. The van der Waals surface area contributed by atoms with Gasteiger partial charge < -0.3 is 15.1 Å². The maximum Gasteiger partial charge on any atom is 0.219 e. The highest BCUT2D eigenvalue weighted by Gasteiger charge is 2.10. The molecule has 1 heterocycles. The van der Waals surface area contributed by atoms with Gasteiger partial charge in [-0.15, -0.1) is 0 Å². The van der Waals surface area contributed by atoms with Crippen LogP contribution in [0.5, 0.6) is 0 Å². The van der Waals surface area contributed by atoms with Gasteiger partial charge in [-0.05, 0) is 26.8 Å². The van der Waals surface area contributed by atoms with Crippen LogP contribution in [0.1, 0.15) is 37.5 Å². The summed E-state index contributed by atoms with van der Waals surface area (Å²) in [6, 6.07) is 0.0818. The molecule has 0 aliphatic heterocycles. The molecule has 0 aromatic carbocycles. The Bertz CT molecular complexity index is 336. The highest BCUT2D eigenvalue weighted by atomic mass is 16.4. The van der Waals surface area contributed by atoms with E-state index in [0.29, 0.717) is 12.3 Å². The standard InChI is InChI=1S/C11H19N3O2/c1-8-7-14-11(16-8)9(2)13-6-4-5-10(15)12-3/h7,9,13H,4-6H2,1-3H3,(H,12,15). The lowest BCUT2D eigenvalue weighted by atomic mass is 10.2. The number of rotatable bonds is 6. The van der Waals surface area contributed by atoms with Crippen molar-refractivity contribution in [2.45, 2.75) is 32.7 Å². The monoisotopic (exact) mass is 225 g/mol. The van der Waals surface area contributed by atoms with E-state index in [1.54, 1.807) is 13.2 Å². The minimum atomic E-state index is 0.0708. The predicted octanol–water partition coefficient (Wildman–Crippen LogP) is 1.16. The average Bonchev–Trinajstić information content (AvgIpc) is 2.70. The number of nitrogens with one attached hydrogen (secondary N) is 2. The smallest absolute Gasteiger partial charge is 0.219 e. The SMILES string of the molecule is CNC(=O)CCCNC(C)c1ncc(C)o1. The first kappa shape index (κ1) is 12.7. The van der Waals surface area contributed by atoms with Crippen LogP contribution in [-0.2, 0) is 4.79 Å². The van der Waals surface area contributed by atoms with Gasteiger partial charge in [-0.25, -0.2) is 4.98 Å². The molecule has 1 unspecified atom stereocenters. The lowest BCUT2D eigenvalue weighted by Gasteiger charge is -2.09. The molecule has 1 aromatic rings. The molecule has 0 aliphatic rings. The maximum absolute atomic E-state index is 11.0. The molecule has 2 N–H and O–H groups in total. The first-order valence-electron chi connectivity index (χ1n) is 5.49. The van der Waals surface area contributed by atoms with Gasteiger partial charge in [0.1, 0.15) is 5.76 Å². The van der Waals surface area contributed by atoms with Gasteiger partial charge in [-0.1, -0.05) is 0 Å². The summed E-state index contributed by atoms with van der Waals surface area (Å²) in [4.78, 5) is 15.1. The van der Waals surface area contributed by atoms with E-state index in [1.807, 2.05) is 13.8 Å². The Morgan fingerprint density at radius 1 is 1.62 bits per heavy atom. The predicted molar refractivity (Wildman–Crippen MR) is 61.0 cm³/mol. The van der Waals surface area contributed by atoms with Crippen molar-refractivity contribution in [2.24, 2.45) is 0 Å². The lowest BCUT2D eigenvalue weighted by Crippen LogP contribution is -2.23. The summed E-state index contributed by atoms with van der Waals surface area (Å²) in [6.07, 6.45) is 3.06. The van der Waals surface area contributed by atoms with Gasteiger partial charge >= 0.3 is 0 Å². The third-order valence-electron chi connectivity index (χ3n) is 2.32. The van der Waals surface area contributed by atoms with Crippen LogP contribution in [0.2, 0.25) is 0 Å². The van der Waals surface area contributed by atoms with Crippen molar-refractivity contribution in [1.29, 1.82) is 0 Å². The van der Waals surface area contributed by atoms with Crippen LogP contribution in [0.3, 0.4) is 0 Å². The molecule has 1 rings (SSSR count). The van der Waals surface area contributed by atoms with Crippen molar-refractivity contribution in [3.05, 3.63) is 17.8 Å². The van der Waals surface area contributed by atoms with Crippen LogP contribution in [-0.4, -0.2) is 24.5 Å². The second-order valence-corrected chi connectivity index (χ2v) is 3.76. The summed E-state index contributed by atoms with van der Waals surface area (Å²) in [6.45, 7) is 4.63. The minimum Gasteiger partial charge on any atom is -0.444 e. The summed E-state index contributed by atoms with van der Waals surface area (Å²) < 4.78 is 5.39. The van der Waals surface area contributed by atoms with E-state index in [4.69, 9.17) is 4.42 Å². The number of hydrogen-bond acceptors (Lipinski definition) is 4. The highest BCUT2D eigenvalue weighted by Crippen LogP contribution is 2.11. The van der Waals surface area contributed by atoms with Gasteiger partial charge in [0, 0.05) is 13.5 Å². The zero-order valence-electron chi connectivity index (χ0n) is 10.0. The Hall–Kier alpha value is -1.36. The number of aryl methyl sites for hydroxylation is 1. The number of amides is 1. The van der Waals surface area contributed by atoms with Gasteiger partial charge in [0.05, 0.1) is 12.2 Å². The van der Waals surface area contributed by atoms with Crippen LogP contribution < -0.4 is 10.6 Å². The molecule has 0 radical (unpaired) electrons. The first-order chi connectivity index (χ1) is 7.63. The second-order valence-electron chi connectivity index (χ2n) is 3.76. The zero-order chi connectivity index (χ0) is 12.0. The molecule has 0 bridgehead atoms. The number of carbonyl (C=O) groups is 1. The fourth-order valence-corrected chi connectivity index (χ4v) is 1.35. The number of aromatic nitrogens is 1. The van der Waals surface area contributed by atoms with Crippen molar-refractivity contribution in [3.8, 4) is 0 Å². The first-order valence-corrected chi connectivity index (χ1v) is 5.49. The van der Waals surface area contributed by atoms with Crippen molar-refractivity contribution >= 4 is 5.91 Å². The second kappa shape index (κ2) is 6.27. The molecule has 1 atom stereocenters. The Morgan fingerprint density at radius 2 is 2.38 bits per heavy atom. The van der Waals surface area contributed by atoms with Gasteiger partial charge in [0.25, 0.3) is 0 Å². The summed E-state index contributed by atoms with van der Waals surface area (Å²) in [5.41, 5.74) is 0. The number of oxazole rings is 1. The molecule has 1 amide bonds. The third-order valence-corrected chi connectivity index (χ3v) is 2.32. The fraction of sp³-hybridized carbons (Fsp3) is 0.636. The molecule has 0 saturated heterocycles. The normalized spacial score (nSPS) is 12.4.